The van der Waals surface area contributed by atoms with Crippen LogP contribution in [0.5, 0.6) is 0 Å². The van der Waals surface area contributed by atoms with Gasteiger partial charge in [0.2, 0.25) is 0 Å². The van der Waals surface area contributed by atoms with E-state index in [1.807, 2.05) is 13.0 Å². The van der Waals surface area contributed by atoms with Crippen molar-refractivity contribution in [3.63, 3.8) is 0 Å². The van der Waals surface area contributed by atoms with Crippen LogP contribution >= 0.6 is 11.6 Å². The number of rotatable bonds is 4. The van der Waals surface area contributed by atoms with Gasteiger partial charge < -0.3 is 10.1 Å². The molecule has 1 atom stereocenters. The fourth-order valence-electron chi connectivity index (χ4n) is 4.30. The number of hydrogen-bond acceptors (Lipinski definition) is 6. The second-order valence-corrected chi connectivity index (χ2v) is 8.76. The highest BCUT2D eigenvalue weighted by Crippen LogP contribution is 2.39. The van der Waals surface area contributed by atoms with Gasteiger partial charge in [-0.3, -0.25) is 9.78 Å². The molecule has 36 heavy (non-hydrogen) atoms. The summed E-state index contributed by atoms with van der Waals surface area (Å²) in [6.07, 6.45) is 0.144. The summed E-state index contributed by atoms with van der Waals surface area (Å²) >= 11 is 6.36. The van der Waals surface area contributed by atoms with Crippen molar-refractivity contribution in [2.45, 2.75) is 31.5 Å². The summed E-state index contributed by atoms with van der Waals surface area (Å²) in [6.45, 7) is 2.43. The van der Waals surface area contributed by atoms with Crippen molar-refractivity contribution in [1.29, 1.82) is 5.26 Å². The Labute approximate surface area is 207 Å². The minimum Gasteiger partial charge on any atom is -0.369 e. The topological polar surface area (TPSA) is 110 Å². The van der Waals surface area contributed by atoms with E-state index in [4.69, 9.17) is 16.3 Å². The predicted octanol–water partition coefficient (Wildman–Crippen LogP) is 4.74. The number of hydrogen-bond donors (Lipinski definition) is 1. The largest absolute Gasteiger partial charge is 0.434 e. The van der Waals surface area contributed by atoms with Gasteiger partial charge in [0.05, 0.1) is 51.8 Å². The molecule has 0 saturated carbocycles. The second kappa shape index (κ2) is 8.61. The first kappa shape index (κ1) is 23.8. The molecule has 4 aromatic rings. The third kappa shape index (κ3) is 3.96. The highest BCUT2D eigenvalue weighted by molar-refractivity contribution is 6.31. The van der Waals surface area contributed by atoms with Crippen LogP contribution in [-0.4, -0.2) is 36.9 Å². The number of nitriles is 1. The maximum Gasteiger partial charge on any atom is 0.434 e. The Morgan fingerprint density at radius 1 is 1.28 bits per heavy atom. The monoisotopic (exact) mass is 515 g/mol. The predicted molar refractivity (Wildman–Crippen MR) is 122 cm³/mol. The second-order valence-electron chi connectivity index (χ2n) is 8.35. The van der Waals surface area contributed by atoms with E-state index in [9.17, 15) is 23.2 Å². The molecule has 1 fully saturated rings. The van der Waals surface area contributed by atoms with E-state index in [1.165, 1.54) is 41.2 Å². The third-order valence-electron chi connectivity index (χ3n) is 5.98. The molecule has 1 saturated heterocycles. The molecule has 1 aliphatic rings. The molecule has 0 bridgehead atoms. The average molecular weight is 516 g/mol. The lowest BCUT2D eigenvalue weighted by Gasteiger charge is -2.23. The van der Waals surface area contributed by atoms with Crippen molar-refractivity contribution in [3.8, 4) is 11.8 Å². The van der Waals surface area contributed by atoms with Crippen molar-refractivity contribution in [2.24, 2.45) is 0 Å². The van der Waals surface area contributed by atoms with Crippen LogP contribution in [-0.2, 0) is 16.5 Å². The maximum absolute atomic E-state index is 14.2. The number of amides is 1. The zero-order valence-electron chi connectivity index (χ0n) is 18.7. The zero-order valence-corrected chi connectivity index (χ0v) is 19.4. The molecule has 4 aromatic heterocycles. The normalized spacial score (nSPS) is 17.9. The van der Waals surface area contributed by atoms with Crippen LogP contribution in [0.25, 0.3) is 11.2 Å². The van der Waals surface area contributed by atoms with E-state index in [0.29, 0.717) is 17.0 Å². The van der Waals surface area contributed by atoms with E-state index < -0.39 is 28.9 Å². The lowest BCUT2D eigenvalue weighted by molar-refractivity contribution is -0.143. The molecular formula is C23H17ClF3N7O2. The van der Waals surface area contributed by atoms with E-state index in [-0.39, 0.29) is 27.6 Å². The van der Waals surface area contributed by atoms with Crippen LogP contribution in [0.2, 0.25) is 5.02 Å². The van der Waals surface area contributed by atoms with Crippen molar-refractivity contribution in [1.82, 2.24) is 24.4 Å². The first-order valence-electron chi connectivity index (χ1n) is 10.8. The number of ether oxygens (including phenoxy) is 1. The van der Waals surface area contributed by atoms with Gasteiger partial charge in [0, 0.05) is 6.61 Å². The Balaban J connectivity index is 1.51. The van der Waals surface area contributed by atoms with Crippen LogP contribution < -0.4 is 5.32 Å². The van der Waals surface area contributed by atoms with Gasteiger partial charge in [-0.25, -0.2) is 9.20 Å². The van der Waals surface area contributed by atoms with Gasteiger partial charge in [0.15, 0.2) is 5.69 Å². The van der Waals surface area contributed by atoms with Crippen molar-refractivity contribution >= 4 is 28.7 Å². The molecule has 0 radical (unpaired) electrons. The summed E-state index contributed by atoms with van der Waals surface area (Å²) in [5.41, 5.74) is -1.69. The first-order valence-corrected chi connectivity index (χ1v) is 11.1. The van der Waals surface area contributed by atoms with Crippen molar-refractivity contribution in [3.05, 3.63) is 70.5 Å². The minimum atomic E-state index is -4.93. The van der Waals surface area contributed by atoms with Gasteiger partial charge in [-0.1, -0.05) is 11.6 Å². The molecule has 1 amide bonds. The molecule has 5 heterocycles. The number of anilines is 1. The summed E-state index contributed by atoms with van der Waals surface area (Å²) < 4.78 is 50.0. The summed E-state index contributed by atoms with van der Waals surface area (Å²) in [7, 11) is 0. The Morgan fingerprint density at radius 2 is 2.08 bits per heavy atom. The van der Waals surface area contributed by atoms with Crippen LogP contribution in [0.15, 0.2) is 42.9 Å². The van der Waals surface area contributed by atoms with Gasteiger partial charge in [0.1, 0.15) is 17.4 Å². The standard InChI is InChI=1S/C23H17ClF3N7O2/c1-22(6-2-8-36-22)19-16(24)9-13(11-29-19)32-21(35)15-12-31-34(20(15)23(25,26)27)17-4-3-14(10-28)33-18(17)5-7-30-33/h3-5,7,9,11-12H,2,6,8H2,1H3,(H,32,35)/t22-/m0/s1. The number of fused-ring (bicyclic) bond motifs is 1. The highest BCUT2D eigenvalue weighted by atomic mass is 35.5. The van der Waals surface area contributed by atoms with E-state index >= 15 is 0 Å². The summed E-state index contributed by atoms with van der Waals surface area (Å²) in [4.78, 5) is 17.2. The number of alkyl halides is 3. The first-order chi connectivity index (χ1) is 17.1. The van der Waals surface area contributed by atoms with Gasteiger partial charge in [-0.2, -0.15) is 28.6 Å². The Hall–Kier alpha value is -3.95. The molecule has 5 rings (SSSR count). The molecule has 13 heteroatoms. The van der Waals surface area contributed by atoms with Gasteiger partial charge in [-0.15, -0.1) is 0 Å². The number of aromatic nitrogens is 5. The van der Waals surface area contributed by atoms with Crippen LogP contribution in [0, 0.1) is 11.3 Å². The molecule has 0 spiro atoms. The van der Waals surface area contributed by atoms with Crippen LogP contribution in [0.1, 0.15) is 47.2 Å². The SMILES string of the molecule is C[C@@]1(c2ncc(NC(=O)c3cnn(-c4ccc(C#N)n5nccc45)c3C(F)(F)F)cc2Cl)CCCO1. The van der Waals surface area contributed by atoms with Crippen molar-refractivity contribution < 1.29 is 22.7 Å². The fraction of sp³-hybridized carbons (Fsp3) is 0.261. The molecular weight excluding hydrogens is 499 g/mol. The van der Waals surface area contributed by atoms with Crippen molar-refractivity contribution in [2.75, 3.05) is 11.9 Å². The van der Waals surface area contributed by atoms with Gasteiger partial charge >= 0.3 is 6.18 Å². The molecule has 0 aliphatic carbocycles. The molecule has 1 aliphatic heterocycles. The number of pyridine rings is 2. The lowest BCUT2D eigenvalue weighted by atomic mass is 9.98. The summed E-state index contributed by atoms with van der Waals surface area (Å²) in [5.74, 6) is -1.04. The van der Waals surface area contributed by atoms with Crippen LogP contribution in [0.4, 0.5) is 18.9 Å². The average Bonchev–Trinajstić information content (AvgIpc) is 3.57. The molecule has 1 N–H and O–H groups in total. The van der Waals surface area contributed by atoms with Gasteiger partial charge in [0.25, 0.3) is 5.91 Å². The minimum absolute atomic E-state index is 0.00301. The summed E-state index contributed by atoms with van der Waals surface area (Å²) in [6, 6.07) is 7.42. The number of carbonyl (C=O) groups is 1. The molecule has 9 nitrogen and oxygen atoms in total. The quantitative estimate of drug-likeness (QED) is 0.420. The fourth-order valence-corrected chi connectivity index (χ4v) is 4.66. The summed E-state index contributed by atoms with van der Waals surface area (Å²) in [5, 5.41) is 19.7. The van der Waals surface area contributed by atoms with Gasteiger partial charge in [-0.05, 0) is 44.0 Å². The van der Waals surface area contributed by atoms with Crippen LogP contribution in [0.3, 0.4) is 0 Å². The van der Waals surface area contributed by atoms with E-state index in [2.05, 4.69) is 20.5 Å². The van der Waals surface area contributed by atoms with E-state index in [0.717, 1.165) is 19.0 Å². The smallest absolute Gasteiger partial charge is 0.369 e. The zero-order chi connectivity index (χ0) is 25.7. The number of nitrogens with zero attached hydrogens (tertiary/aromatic N) is 6. The third-order valence-corrected chi connectivity index (χ3v) is 6.26. The highest BCUT2D eigenvalue weighted by Gasteiger charge is 2.41. The number of halogens is 4. The molecule has 0 unspecified atom stereocenters. The Kier molecular flexibility index (Phi) is 5.69. The Bertz CT molecular complexity index is 1530. The Morgan fingerprint density at radius 3 is 2.75 bits per heavy atom. The van der Waals surface area contributed by atoms with E-state index in [1.54, 1.807) is 0 Å². The maximum atomic E-state index is 14.2. The number of carbonyl (C=O) groups excluding carboxylic acids is 1. The molecule has 184 valence electrons. The number of nitrogens with one attached hydrogen (secondary N) is 1. The molecule has 0 aromatic carbocycles. The lowest BCUT2D eigenvalue weighted by Crippen LogP contribution is -2.23.